The van der Waals surface area contributed by atoms with Crippen LogP contribution in [0.1, 0.15) is 71.0 Å². The number of rotatable bonds is 16. The van der Waals surface area contributed by atoms with Gasteiger partial charge in [-0.25, -0.2) is 13.8 Å². The molecule has 8 nitrogen and oxygen atoms in total. The van der Waals surface area contributed by atoms with Crippen molar-refractivity contribution >= 4 is 11.8 Å². The highest BCUT2D eigenvalue weighted by Gasteiger charge is 2.25. The maximum atomic E-state index is 14.1. The minimum Gasteiger partial charge on any atom is -0.390 e. The molecule has 0 saturated heterocycles. The molecule has 1 heterocycles. The van der Waals surface area contributed by atoms with Crippen molar-refractivity contribution in [1.82, 2.24) is 25.1 Å². The summed E-state index contributed by atoms with van der Waals surface area (Å²) in [5, 5.41) is 17.5. The number of amides is 2. The smallest absolute Gasteiger partial charge is 0.253 e. The Bertz CT molecular complexity index is 1630. The SMILES string of the molecule is CCCN(CCC)C(=O)c1cc(C(=O)N[C@@H](Cc2cc(F)cc(F)c2)[C@H](O)CNCc2cccc(CC)c2)cc(-c2nccn2C)c1. The number of aliphatic hydroxyl groups excluding tert-OH is 1. The number of carbonyl (C=O) groups excluding carboxylic acids is 2. The minimum absolute atomic E-state index is 0.0276. The molecule has 0 radical (unpaired) electrons. The molecule has 250 valence electrons. The van der Waals surface area contributed by atoms with Gasteiger partial charge >= 0.3 is 0 Å². The summed E-state index contributed by atoms with van der Waals surface area (Å²) >= 11 is 0. The highest BCUT2D eigenvalue weighted by molar-refractivity contribution is 6.01. The molecule has 2 amide bonds. The van der Waals surface area contributed by atoms with E-state index in [0.717, 1.165) is 30.9 Å². The predicted octanol–water partition coefficient (Wildman–Crippen LogP) is 5.68. The Hall–Kier alpha value is -4.41. The van der Waals surface area contributed by atoms with Gasteiger partial charge < -0.3 is 25.2 Å². The van der Waals surface area contributed by atoms with Gasteiger partial charge in [0.05, 0.1) is 12.1 Å². The number of aliphatic hydroxyl groups is 1. The number of halogens is 2. The predicted molar refractivity (Wildman–Crippen MR) is 180 cm³/mol. The lowest BCUT2D eigenvalue weighted by Gasteiger charge is -2.26. The normalized spacial score (nSPS) is 12.5. The van der Waals surface area contributed by atoms with Crippen molar-refractivity contribution in [2.24, 2.45) is 7.05 Å². The van der Waals surface area contributed by atoms with Crippen LogP contribution in [0.5, 0.6) is 0 Å². The van der Waals surface area contributed by atoms with E-state index in [1.807, 2.05) is 33.0 Å². The summed E-state index contributed by atoms with van der Waals surface area (Å²) in [6.45, 7) is 7.85. The molecule has 2 atom stereocenters. The number of hydrogen-bond donors (Lipinski definition) is 3. The molecule has 0 aliphatic rings. The molecule has 1 aromatic heterocycles. The zero-order chi connectivity index (χ0) is 33.9. The lowest BCUT2D eigenvalue weighted by Crippen LogP contribution is -2.48. The monoisotopic (exact) mass is 645 g/mol. The van der Waals surface area contributed by atoms with Gasteiger partial charge in [0.2, 0.25) is 0 Å². The average Bonchev–Trinajstić information content (AvgIpc) is 3.49. The Morgan fingerprint density at radius 2 is 1.60 bits per heavy atom. The van der Waals surface area contributed by atoms with Crippen LogP contribution in [-0.4, -0.2) is 63.2 Å². The van der Waals surface area contributed by atoms with Gasteiger partial charge in [-0.15, -0.1) is 0 Å². The van der Waals surface area contributed by atoms with E-state index >= 15 is 0 Å². The lowest BCUT2D eigenvalue weighted by molar-refractivity contribution is 0.0755. The van der Waals surface area contributed by atoms with E-state index in [9.17, 15) is 23.5 Å². The summed E-state index contributed by atoms with van der Waals surface area (Å²) in [5.74, 6) is -1.65. The molecule has 0 bridgehead atoms. The van der Waals surface area contributed by atoms with Crippen LogP contribution in [0.15, 0.2) is 73.1 Å². The Labute approximate surface area is 275 Å². The quantitative estimate of drug-likeness (QED) is 0.146. The van der Waals surface area contributed by atoms with Crippen molar-refractivity contribution in [2.75, 3.05) is 19.6 Å². The minimum atomic E-state index is -1.11. The largest absolute Gasteiger partial charge is 0.390 e. The summed E-state index contributed by atoms with van der Waals surface area (Å²) in [6, 6.07) is 15.3. The molecule has 0 saturated carbocycles. The maximum Gasteiger partial charge on any atom is 0.253 e. The molecular formula is C37H45F2N5O3. The van der Waals surface area contributed by atoms with Crippen molar-refractivity contribution < 1.29 is 23.5 Å². The summed E-state index contributed by atoms with van der Waals surface area (Å²) in [7, 11) is 1.83. The third-order valence-electron chi connectivity index (χ3n) is 8.04. The molecule has 0 fully saturated rings. The van der Waals surface area contributed by atoms with E-state index in [1.165, 1.54) is 17.7 Å². The van der Waals surface area contributed by atoms with Crippen molar-refractivity contribution in [2.45, 2.75) is 65.1 Å². The number of carbonyl (C=O) groups is 2. The molecular weight excluding hydrogens is 600 g/mol. The van der Waals surface area contributed by atoms with Gasteiger partial charge in [-0.05, 0) is 72.7 Å². The third kappa shape index (κ3) is 9.79. The Balaban J connectivity index is 1.63. The fourth-order valence-electron chi connectivity index (χ4n) is 5.68. The number of aryl methyl sites for hydroxylation is 2. The van der Waals surface area contributed by atoms with E-state index < -0.39 is 29.7 Å². The first-order valence-corrected chi connectivity index (χ1v) is 16.3. The van der Waals surface area contributed by atoms with Crippen LogP contribution in [0.25, 0.3) is 11.4 Å². The standard InChI is InChI=1S/C37H45F2N5O3/c1-5-12-44(13-6-2)37(47)30-20-28(35-41-11-14-43(35)4)19-29(21-30)36(46)42-33(18-27-16-31(38)22-32(39)17-27)34(45)24-40-23-26-10-8-9-25(7-3)15-26/h8-11,14-17,19-22,33-34,40,45H,5-7,12-13,18,23-24H2,1-4H3,(H,42,46)/t33-,34+/m0/s1. The maximum absolute atomic E-state index is 14.1. The van der Waals surface area contributed by atoms with Gasteiger partial charge in [-0.3, -0.25) is 9.59 Å². The summed E-state index contributed by atoms with van der Waals surface area (Å²) in [6.07, 6.45) is 4.76. The van der Waals surface area contributed by atoms with Crippen molar-refractivity contribution in [3.63, 3.8) is 0 Å². The van der Waals surface area contributed by atoms with Gasteiger partial charge in [0.25, 0.3) is 11.8 Å². The molecule has 0 aliphatic carbocycles. The van der Waals surface area contributed by atoms with Crippen LogP contribution in [0.4, 0.5) is 8.78 Å². The number of imidazole rings is 1. The number of nitrogens with one attached hydrogen (secondary N) is 2. The van der Waals surface area contributed by atoms with Crippen LogP contribution in [0, 0.1) is 11.6 Å². The van der Waals surface area contributed by atoms with Crippen LogP contribution >= 0.6 is 0 Å². The molecule has 47 heavy (non-hydrogen) atoms. The number of nitrogens with zero attached hydrogens (tertiary/aromatic N) is 3. The number of benzene rings is 3. The topological polar surface area (TPSA) is 99.5 Å². The van der Waals surface area contributed by atoms with Gasteiger partial charge in [0, 0.05) is 68.4 Å². The van der Waals surface area contributed by atoms with E-state index in [1.54, 1.807) is 40.1 Å². The fourth-order valence-corrected chi connectivity index (χ4v) is 5.68. The van der Waals surface area contributed by atoms with Crippen LogP contribution in [0.2, 0.25) is 0 Å². The fraction of sp³-hybridized carbons (Fsp3) is 0.378. The third-order valence-corrected chi connectivity index (χ3v) is 8.04. The molecule has 3 aromatic carbocycles. The van der Waals surface area contributed by atoms with E-state index in [0.29, 0.717) is 36.6 Å². The van der Waals surface area contributed by atoms with Crippen molar-refractivity contribution in [3.8, 4) is 11.4 Å². The highest BCUT2D eigenvalue weighted by atomic mass is 19.1. The Kier molecular flexibility index (Phi) is 12.8. The first-order valence-electron chi connectivity index (χ1n) is 16.3. The molecule has 3 N–H and O–H groups in total. The van der Waals surface area contributed by atoms with Crippen molar-refractivity contribution in [3.05, 3.63) is 113 Å². The second-order valence-corrected chi connectivity index (χ2v) is 11.9. The number of aromatic nitrogens is 2. The first kappa shape index (κ1) is 35.4. The van der Waals surface area contributed by atoms with Gasteiger partial charge in [0.1, 0.15) is 17.5 Å². The lowest BCUT2D eigenvalue weighted by atomic mass is 9.99. The van der Waals surface area contributed by atoms with Gasteiger partial charge in [-0.1, -0.05) is 45.0 Å². The van der Waals surface area contributed by atoms with Crippen molar-refractivity contribution in [1.29, 1.82) is 0 Å². The Morgan fingerprint density at radius 1 is 0.915 bits per heavy atom. The molecule has 0 aliphatic heterocycles. The van der Waals surface area contributed by atoms with Crippen LogP contribution in [0.3, 0.4) is 0 Å². The van der Waals surface area contributed by atoms with Gasteiger partial charge in [0.15, 0.2) is 0 Å². The molecule has 4 rings (SSSR count). The molecule has 0 unspecified atom stereocenters. The Morgan fingerprint density at radius 3 is 2.23 bits per heavy atom. The van der Waals surface area contributed by atoms with E-state index in [2.05, 4.69) is 34.7 Å². The van der Waals surface area contributed by atoms with Gasteiger partial charge in [-0.2, -0.15) is 0 Å². The summed E-state index contributed by atoms with van der Waals surface area (Å²) in [4.78, 5) is 33.8. The highest BCUT2D eigenvalue weighted by Crippen LogP contribution is 2.23. The number of hydrogen-bond acceptors (Lipinski definition) is 5. The van der Waals surface area contributed by atoms with E-state index in [-0.39, 0.29) is 30.0 Å². The van der Waals surface area contributed by atoms with Crippen LogP contribution < -0.4 is 10.6 Å². The summed E-state index contributed by atoms with van der Waals surface area (Å²) < 4.78 is 30.0. The van der Waals surface area contributed by atoms with E-state index in [4.69, 9.17) is 0 Å². The zero-order valence-electron chi connectivity index (χ0n) is 27.6. The molecule has 4 aromatic rings. The van der Waals surface area contributed by atoms with Crippen LogP contribution in [-0.2, 0) is 26.4 Å². The second-order valence-electron chi connectivity index (χ2n) is 11.9. The molecule has 10 heteroatoms. The first-order chi connectivity index (χ1) is 22.6. The molecule has 0 spiro atoms. The zero-order valence-corrected chi connectivity index (χ0v) is 27.6. The average molecular weight is 646 g/mol. The summed E-state index contributed by atoms with van der Waals surface area (Å²) in [5.41, 5.74) is 3.66. The second kappa shape index (κ2) is 16.9.